The number of halogens is 2. The molecular weight excluding hydrogens is 332 g/mol. The van der Waals surface area contributed by atoms with E-state index in [4.69, 9.17) is 11.6 Å². The highest BCUT2D eigenvalue weighted by Crippen LogP contribution is 2.38. The Morgan fingerprint density at radius 3 is 1.60 bits per heavy atom. The van der Waals surface area contributed by atoms with Crippen LogP contribution in [-0.2, 0) is 0 Å². The standard InChI is InChI=1S/C18H12BrCl/c19-17-11-5-3-9-15(17)13-7-1-2-8-14(13)16-10-4-6-12-18(16)20/h1-12H. The molecule has 0 aliphatic carbocycles. The minimum absolute atomic E-state index is 0.770. The molecule has 0 spiro atoms. The SMILES string of the molecule is Clc1ccccc1-c1ccccc1-c1ccccc1Br. The van der Waals surface area contributed by atoms with Crippen LogP contribution in [0, 0.1) is 0 Å². The zero-order valence-electron chi connectivity index (χ0n) is 10.7. The van der Waals surface area contributed by atoms with Crippen molar-refractivity contribution in [1.82, 2.24) is 0 Å². The lowest BCUT2D eigenvalue weighted by Gasteiger charge is -2.12. The molecular formula is C18H12BrCl. The molecule has 2 heteroatoms. The Morgan fingerprint density at radius 2 is 1.00 bits per heavy atom. The minimum atomic E-state index is 0.770. The second-order valence-corrected chi connectivity index (χ2v) is 5.77. The molecule has 20 heavy (non-hydrogen) atoms. The van der Waals surface area contributed by atoms with Crippen molar-refractivity contribution in [3.8, 4) is 22.3 Å². The second kappa shape index (κ2) is 5.82. The summed E-state index contributed by atoms with van der Waals surface area (Å²) in [7, 11) is 0. The van der Waals surface area contributed by atoms with Crippen molar-refractivity contribution in [2.24, 2.45) is 0 Å². The van der Waals surface area contributed by atoms with Crippen LogP contribution >= 0.6 is 27.5 Å². The summed E-state index contributed by atoms with van der Waals surface area (Å²) in [5.41, 5.74) is 4.54. The van der Waals surface area contributed by atoms with Crippen LogP contribution in [0.3, 0.4) is 0 Å². The van der Waals surface area contributed by atoms with Crippen LogP contribution in [0.1, 0.15) is 0 Å². The number of hydrogen-bond donors (Lipinski definition) is 0. The summed E-state index contributed by atoms with van der Waals surface area (Å²) in [5.74, 6) is 0. The van der Waals surface area contributed by atoms with Crippen molar-refractivity contribution >= 4 is 27.5 Å². The van der Waals surface area contributed by atoms with Crippen LogP contribution in [0.25, 0.3) is 22.3 Å². The van der Waals surface area contributed by atoms with Gasteiger partial charge in [-0.2, -0.15) is 0 Å². The molecule has 0 amide bonds. The van der Waals surface area contributed by atoms with E-state index in [-0.39, 0.29) is 0 Å². The smallest absolute Gasteiger partial charge is 0.0484 e. The van der Waals surface area contributed by atoms with Gasteiger partial charge in [-0.1, -0.05) is 88.2 Å². The predicted octanol–water partition coefficient (Wildman–Crippen LogP) is 6.44. The average Bonchev–Trinajstić information content (AvgIpc) is 2.48. The van der Waals surface area contributed by atoms with Crippen LogP contribution in [0.4, 0.5) is 0 Å². The molecule has 0 aliphatic heterocycles. The Morgan fingerprint density at radius 1 is 0.550 bits per heavy atom. The van der Waals surface area contributed by atoms with Gasteiger partial charge in [-0.3, -0.25) is 0 Å². The van der Waals surface area contributed by atoms with Crippen LogP contribution in [0.2, 0.25) is 5.02 Å². The maximum atomic E-state index is 6.35. The lowest BCUT2D eigenvalue weighted by molar-refractivity contribution is 1.56. The largest absolute Gasteiger partial charge is 0.0837 e. The first-order chi connectivity index (χ1) is 9.77. The van der Waals surface area contributed by atoms with E-state index >= 15 is 0 Å². The number of rotatable bonds is 2. The number of benzene rings is 3. The minimum Gasteiger partial charge on any atom is -0.0837 e. The van der Waals surface area contributed by atoms with E-state index in [2.05, 4.69) is 52.3 Å². The molecule has 0 N–H and O–H groups in total. The summed E-state index contributed by atoms with van der Waals surface area (Å²) < 4.78 is 1.08. The van der Waals surface area contributed by atoms with Crippen molar-refractivity contribution in [3.63, 3.8) is 0 Å². The highest BCUT2D eigenvalue weighted by molar-refractivity contribution is 9.10. The van der Waals surface area contributed by atoms with Gasteiger partial charge in [-0.15, -0.1) is 0 Å². The van der Waals surface area contributed by atoms with E-state index in [1.165, 1.54) is 11.1 Å². The summed E-state index contributed by atoms with van der Waals surface area (Å²) in [6.07, 6.45) is 0. The fraction of sp³-hybridized carbons (Fsp3) is 0. The fourth-order valence-electron chi connectivity index (χ4n) is 2.31. The molecule has 3 aromatic rings. The summed E-state index contributed by atoms with van der Waals surface area (Å²) in [4.78, 5) is 0. The van der Waals surface area contributed by atoms with Crippen molar-refractivity contribution in [2.45, 2.75) is 0 Å². The molecule has 3 aromatic carbocycles. The lowest BCUT2D eigenvalue weighted by atomic mass is 9.95. The Hall–Kier alpha value is -1.57. The monoisotopic (exact) mass is 342 g/mol. The van der Waals surface area contributed by atoms with Crippen LogP contribution < -0.4 is 0 Å². The quantitative estimate of drug-likeness (QED) is 0.502. The number of hydrogen-bond acceptors (Lipinski definition) is 0. The first-order valence-electron chi connectivity index (χ1n) is 6.36. The molecule has 0 nitrogen and oxygen atoms in total. The lowest BCUT2D eigenvalue weighted by Crippen LogP contribution is -1.86. The zero-order chi connectivity index (χ0) is 13.9. The first kappa shape index (κ1) is 13.4. The van der Waals surface area contributed by atoms with Gasteiger partial charge in [0.05, 0.1) is 0 Å². The van der Waals surface area contributed by atoms with Crippen molar-refractivity contribution in [3.05, 3.63) is 82.3 Å². The predicted molar refractivity (Wildman–Crippen MR) is 90.0 cm³/mol. The fourth-order valence-corrected chi connectivity index (χ4v) is 3.05. The van der Waals surface area contributed by atoms with Crippen LogP contribution in [0.5, 0.6) is 0 Å². The third-order valence-corrected chi connectivity index (χ3v) is 4.28. The molecule has 0 saturated carbocycles. The van der Waals surface area contributed by atoms with E-state index in [0.29, 0.717) is 0 Å². The van der Waals surface area contributed by atoms with Crippen molar-refractivity contribution in [1.29, 1.82) is 0 Å². The van der Waals surface area contributed by atoms with Crippen molar-refractivity contribution in [2.75, 3.05) is 0 Å². The van der Waals surface area contributed by atoms with Gasteiger partial charge < -0.3 is 0 Å². The summed E-state index contributed by atoms with van der Waals surface area (Å²) in [5, 5.41) is 0.770. The molecule has 0 fully saturated rings. The molecule has 0 aromatic heterocycles. The third-order valence-electron chi connectivity index (χ3n) is 3.26. The van der Waals surface area contributed by atoms with Gasteiger partial charge in [-0.05, 0) is 28.8 Å². The Balaban J connectivity index is 2.25. The van der Waals surface area contributed by atoms with Gasteiger partial charge in [0.2, 0.25) is 0 Å². The highest BCUT2D eigenvalue weighted by Gasteiger charge is 2.11. The van der Waals surface area contributed by atoms with Gasteiger partial charge in [0.15, 0.2) is 0 Å². The molecule has 0 atom stereocenters. The van der Waals surface area contributed by atoms with Gasteiger partial charge in [0, 0.05) is 15.1 Å². The Bertz CT molecular complexity index is 685. The van der Waals surface area contributed by atoms with E-state index in [1.807, 2.05) is 36.4 Å². The van der Waals surface area contributed by atoms with E-state index in [0.717, 1.165) is 20.6 Å². The van der Waals surface area contributed by atoms with E-state index in [1.54, 1.807) is 0 Å². The van der Waals surface area contributed by atoms with Crippen LogP contribution in [-0.4, -0.2) is 0 Å². The Kier molecular flexibility index (Phi) is 3.90. The van der Waals surface area contributed by atoms with Gasteiger partial charge in [0.1, 0.15) is 0 Å². The van der Waals surface area contributed by atoms with Crippen LogP contribution in [0.15, 0.2) is 77.3 Å². The normalized spacial score (nSPS) is 10.5. The topological polar surface area (TPSA) is 0 Å². The maximum Gasteiger partial charge on any atom is 0.0484 e. The summed E-state index contributed by atoms with van der Waals surface area (Å²) >= 11 is 9.97. The maximum absolute atomic E-state index is 6.35. The molecule has 0 unspecified atom stereocenters. The molecule has 0 radical (unpaired) electrons. The van der Waals surface area contributed by atoms with Gasteiger partial charge in [-0.25, -0.2) is 0 Å². The van der Waals surface area contributed by atoms with Gasteiger partial charge >= 0.3 is 0 Å². The summed E-state index contributed by atoms with van der Waals surface area (Å²) in [6.45, 7) is 0. The van der Waals surface area contributed by atoms with Gasteiger partial charge in [0.25, 0.3) is 0 Å². The van der Waals surface area contributed by atoms with Crippen molar-refractivity contribution < 1.29 is 0 Å². The second-order valence-electron chi connectivity index (χ2n) is 4.51. The molecule has 3 rings (SSSR count). The summed E-state index contributed by atoms with van der Waals surface area (Å²) in [6, 6.07) is 24.5. The highest BCUT2D eigenvalue weighted by atomic mass is 79.9. The molecule has 0 bridgehead atoms. The molecule has 0 aliphatic rings. The third kappa shape index (κ3) is 2.52. The average molecular weight is 344 g/mol. The Labute approximate surface area is 132 Å². The zero-order valence-corrected chi connectivity index (χ0v) is 13.0. The first-order valence-corrected chi connectivity index (χ1v) is 7.53. The molecule has 98 valence electrons. The molecule has 0 heterocycles. The molecule has 0 saturated heterocycles. The van der Waals surface area contributed by atoms with E-state index in [9.17, 15) is 0 Å². The van der Waals surface area contributed by atoms with E-state index < -0.39 is 0 Å².